The molecule has 2 rings (SSSR count). The van der Waals surface area contributed by atoms with Crippen molar-refractivity contribution in [2.24, 2.45) is 0 Å². The highest BCUT2D eigenvalue weighted by molar-refractivity contribution is 9.10. The molecule has 0 saturated carbocycles. The number of hydrazine groups is 1. The fourth-order valence-electron chi connectivity index (χ4n) is 2.40. The summed E-state index contributed by atoms with van der Waals surface area (Å²) < 4.78 is 12.0. The molecule has 7 heteroatoms. The Balaban J connectivity index is 1.78. The topological polar surface area (TPSA) is 76.7 Å². The number of amides is 2. The summed E-state index contributed by atoms with van der Waals surface area (Å²) in [6.07, 6.45) is 4.36. The third kappa shape index (κ3) is 7.60. The summed E-state index contributed by atoms with van der Waals surface area (Å²) in [6.45, 7) is 2.49. The maximum Gasteiger partial charge on any atom is 0.276 e. The van der Waals surface area contributed by atoms with Gasteiger partial charge in [0.05, 0.1) is 12.2 Å². The third-order valence-corrected chi connectivity index (χ3v) is 4.41. The second-order valence-corrected chi connectivity index (χ2v) is 7.07. The average molecular weight is 449 g/mol. The van der Waals surface area contributed by atoms with Crippen LogP contribution in [-0.2, 0) is 4.79 Å². The number of para-hydroxylation sites is 1. The van der Waals surface area contributed by atoms with Crippen LogP contribution in [0.2, 0.25) is 0 Å². The van der Waals surface area contributed by atoms with Crippen molar-refractivity contribution in [2.45, 2.75) is 32.6 Å². The van der Waals surface area contributed by atoms with Gasteiger partial charge in [0.1, 0.15) is 11.5 Å². The minimum Gasteiger partial charge on any atom is -0.493 e. The zero-order valence-electron chi connectivity index (χ0n) is 15.9. The van der Waals surface area contributed by atoms with Crippen LogP contribution in [0, 0.1) is 0 Å². The normalized spacial score (nSPS) is 10.2. The molecule has 0 aromatic heterocycles. The number of hydrogen-bond donors (Lipinski definition) is 2. The molecule has 0 saturated heterocycles. The second-order valence-electron chi connectivity index (χ2n) is 6.15. The molecule has 0 unspecified atom stereocenters. The molecule has 0 atom stereocenters. The molecule has 2 aromatic carbocycles. The Morgan fingerprint density at radius 3 is 2.43 bits per heavy atom. The third-order valence-electron chi connectivity index (χ3n) is 3.89. The van der Waals surface area contributed by atoms with Crippen LogP contribution in [0.15, 0.2) is 53.0 Å². The minimum atomic E-state index is -0.464. The maximum atomic E-state index is 12.4. The second kappa shape index (κ2) is 12.0. The monoisotopic (exact) mass is 448 g/mol. The molecule has 150 valence electrons. The molecule has 0 bridgehead atoms. The molecule has 0 aliphatic carbocycles. The zero-order valence-corrected chi connectivity index (χ0v) is 17.5. The summed E-state index contributed by atoms with van der Waals surface area (Å²) in [5.74, 6) is 0.152. The molecule has 2 aromatic rings. The van der Waals surface area contributed by atoms with E-state index in [1.54, 1.807) is 30.3 Å². The van der Waals surface area contributed by atoms with E-state index in [4.69, 9.17) is 9.47 Å². The summed E-state index contributed by atoms with van der Waals surface area (Å²) in [4.78, 5) is 24.3. The van der Waals surface area contributed by atoms with E-state index in [0.29, 0.717) is 23.7 Å². The highest BCUT2D eigenvalue weighted by Crippen LogP contribution is 2.18. The van der Waals surface area contributed by atoms with Crippen LogP contribution in [0.4, 0.5) is 0 Å². The fraction of sp³-hybridized carbons (Fsp3) is 0.333. The lowest BCUT2D eigenvalue weighted by molar-refractivity contribution is -0.123. The van der Waals surface area contributed by atoms with Gasteiger partial charge in [-0.3, -0.25) is 20.4 Å². The molecule has 0 aliphatic rings. The van der Waals surface area contributed by atoms with Gasteiger partial charge < -0.3 is 9.47 Å². The Kier molecular flexibility index (Phi) is 9.34. The predicted octanol–water partition coefficient (Wildman–Crippen LogP) is 4.25. The van der Waals surface area contributed by atoms with Gasteiger partial charge in [-0.2, -0.15) is 0 Å². The lowest BCUT2D eigenvalue weighted by Gasteiger charge is -2.12. The van der Waals surface area contributed by atoms with Gasteiger partial charge in [0.2, 0.25) is 0 Å². The molecule has 2 amide bonds. The number of ether oxygens (including phenoxy) is 2. The summed E-state index contributed by atoms with van der Waals surface area (Å²) in [5, 5.41) is 0. The standard InChI is InChI=1S/C21H25BrN2O4/c1-2-3-4-7-14-27-19-9-6-5-8-18(19)21(26)24-23-20(25)15-28-17-12-10-16(22)11-13-17/h5-6,8-13H,2-4,7,14-15H2,1H3,(H,23,25)(H,24,26). The SMILES string of the molecule is CCCCCCOc1ccccc1C(=O)NNC(=O)COc1ccc(Br)cc1. The number of halogens is 1. The van der Waals surface area contributed by atoms with Crippen LogP contribution in [0.3, 0.4) is 0 Å². The van der Waals surface area contributed by atoms with Crippen molar-refractivity contribution in [1.29, 1.82) is 0 Å². The van der Waals surface area contributed by atoms with Gasteiger partial charge in [0, 0.05) is 4.47 Å². The van der Waals surface area contributed by atoms with E-state index in [1.165, 1.54) is 6.42 Å². The van der Waals surface area contributed by atoms with E-state index in [1.807, 2.05) is 18.2 Å². The minimum absolute atomic E-state index is 0.211. The zero-order chi connectivity index (χ0) is 20.2. The highest BCUT2D eigenvalue weighted by Gasteiger charge is 2.13. The van der Waals surface area contributed by atoms with E-state index in [0.717, 1.165) is 23.7 Å². The molecule has 6 nitrogen and oxygen atoms in total. The van der Waals surface area contributed by atoms with E-state index >= 15 is 0 Å². The first-order chi connectivity index (χ1) is 13.6. The maximum absolute atomic E-state index is 12.4. The molecule has 28 heavy (non-hydrogen) atoms. The summed E-state index contributed by atoms with van der Waals surface area (Å²) in [6, 6.07) is 14.1. The molecule has 0 spiro atoms. The summed E-state index contributed by atoms with van der Waals surface area (Å²) >= 11 is 3.33. The Morgan fingerprint density at radius 1 is 0.929 bits per heavy atom. The van der Waals surface area contributed by atoms with Crippen LogP contribution in [0.1, 0.15) is 43.0 Å². The van der Waals surface area contributed by atoms with E-state index in [2.05, 4.69) is 33.7 Å². The predicted molar refractivity (Wildman–Crippen MR) is 111 cm³/mol. The molecule has 0 fully saturated rings. The van der Waals surface area contributed by atoms with Crippen LogP contribution in [0.5, 0.6) is 11.5 Å². The molecule has 0 aliphatic heterocycles. The van der Waals surface area contributed by atoms with Gasteiger partial charge in [0.15, 0.2) is 6.61 Å². The van der Waals surface area contributed by atoms with Crippen molar-refractivity contribution in [3.05, 3.63) is 58.6 Å². The number of unbranched alkanes of at least 4 members (excludes halogenated alkanes) is 3. The number of carbonyl (C=O) groups is 2. The Labute approximate surface area is 173 Å². The van der Waals surface area contributed by atoms with Crippen molar-refractivity contribution in [3.8, 4) is 11.5 Å². The number of nitrogens with one attached hydrogen (secondary N) is 2. The van der Waals surface area contributed by atoms with E-state index in [9.17, 15) is 9.59 Å². The fourth-order valence-corrected chi connectivity index (χ4v) is 2.66. The first kappa shape index (κ1) is 21.8. The Hall–Kier alpha value is -2.54. The largest absolute Gasteiger partial charge is 0.493 e. The van der Waals surface area contributed by atoms with Crippen molar-refractivity contribution >= 4 is 27.7 Å². The van der Waals surface area contributed by atoms with Gasteiger partial charge in [-0.1, -0.05) is 54.2 Å². The van der Waals surface area contributed by atoms with Crippen LogP contribution in [-0.4, -0.2) is 25.0 Å². The lowest BCUT2D eigenvalue weighted by Crippen LogP contribution is -2.43. The number of carbonyl (C=O) groups excluding carboxylic acids is 2. The van der Waals surface area contributed by atoms with E-state index < -0.39 is 11.8 Å². The van der Waals surface area contributed by atoms with Crippen molar-refractivity contribution in [2.75, 3.05) is 13.2 Å². The smallest absolute Gasteiger partial charge is 0.276 e. The lowest BCUT2D eigenvalue weighted by atomic mass is 10.2. The first-order valence-corrected chi connectivity index (χ1v) is 10.1. The molecular weight excluding hydrogens is 424 g/mol. The first-order valence-electron chi connectivity index (χ1n) is 9.29. The number of rotatable bonds is 10. The van der Waals surface area contributed by atoms with Crippen LogP contribution >= 0.6 is 15.9 Å². The van der Waals surface area contributed by atoms with Crippen LogP contribution < -0.4 is 20.3 Å². The van der Waals surface area contributed by atoms with Crippen molar-refractivity contribution < 1.29 is 19.1 Å². The number of hydrogen-bond acceptors (Lipinski definition) is 4. The summed E-state index contributed by atoms with van der Waals surface area (Å²) in [5.41, 5.74) is 5.10. The molecular formula is C21H25BrN2O4. The summed E-state index contributed by atoms with van der Waals surface area (Å²) in [7, 11) is 0. The Bertz CT molecular complexity index is 765. The van der Waals surface area contributed by atoms with Crippen LogP contribution in [0.25, 0.3) is 0 Å². The molecule has 0 heterocycles. The van der Waals surface area contributed by atoms with Crippen molar-refractivity contribution in [3.63, 3.8) is 0 Å². The van der Waals surface area contributed by atoms with Gasteiger partial charge in [0.25, 0.3) is 11.8 Å². The van der Waals surface area contributed by atoms with Crippen molar-refractivity contribution in [1.82, 2.24) is 10.9 Å². The van der Waals surface area contributed by atoms with Gasteiger partial charge in [-0.15, -0.1) is 0 Å². The van der Waals surface area contributed by atoms with Gasteiger partial charge in [-0.25, -0.2) is 0 Å². The van der Waals surface area contributed by atoms with Gasteiger partial charge in [-0.05, 0) is 42.8 Å². The van der Waals surface area contributed by atoms with E-state index in [-0.39, 0.29) is 6.61 Å². The molecule has 2 N–H and O–H groups in total. The highest BCUT2D eigenvalue weighted by atomic mass is 79.9. The van der Waals surface area contributed by atoms with Gasteiger partial charge >= 0.3 is 0 Å². The Morgan fingerprint density at radius 2 is 1.68 bits per heavy atom. The molecule has 0 radical (unpaired) electrons. The number of benzene rings is 2. The average Bonchev–Trinajstić information content (AvgIpc) is 2.71. The quantitative estimate of drug-likeness (QED) is 0.420.